The van der Waals surface area contributed by atoms with Crippen LogP contribution in [0.4, 0.5) is 5.69 Å². The number of anilines is 1. The van der Waals surface area contributed by atoms with Gasteiger partial charge in [0, 0.05) is 22.1 Å². The van der Waals surface area contributed by atoms with Crippen molar-refractivity contribution < 1.29 is 8.42 Å². The fraction of sp³-hybridized carbons (Fsp3) is 0.167. The summed E-state index contributed by atoms with van der Waals surface area (Å²) in [4.78, 5) is 1.02. The number of hydrogen-bond acceptors (Lipinski definition) is 4. The van der Waals surface area contributed by atoms with Crippen molar-refractivity contribution in [2.75, 3.05) is 5.73 Å². The lowest BCUT2D eigenvalue weighted by Gasteiger charge is -2.11. The Morgan fingerprint density at radius 1 is 1.40 bits per heavy atom. The molecule has 0 radical (unpaired) electrons. The molecule has 3 N–H and O–H groups in total. The minimum Gasteiger partial charge on any atom is -0.398 e. The number of nitrogens with one attached hydrogen (secondary N) is 1. The summed E-state index contributed by atoms with van der Waals surface area (Å²) in [6, 6.07) is 6.67. The molecule has 0 saturated heterocycles. The standard InChI is InChI=1S/C12H12BrClN2O2S2/c1-7-10(15)4-8(14)5-11(7)20(17,18)16-6-9-2-3-12(13)19-9/h2-5,16H,6,15H2,1H3. The van der Waals surface area contributed by atoms with Crippen molar-refractivity contribution in [3.8, 4) is 0 Å². The predicted octanol–water partition coefficient (Wildman–Crippen LogP) is 3.53. The van der Waals surface area contributed by atoms with Crippen LogP contribution >= 0.6 is 38.9 Å². The van der Waals surface area contributed by atoms with Crippen molar-refractivity contribution in [1.29, 1.82) is 0 Å². The summed E-state index contributed by atoms with van der Waals surface area (Å²) in [5.74, 6) is 0. The molecule has 0 bridgehead atoms. The number of nitrogens with two attached hydrogens (primary N) is 1. The first kappa shape index (κ1) is 15.8. The zero-order chi connectivity index (χ0) is 14.9. The molecule has 1 heterocycles. The number of hydrogen-bond donors (Lipinski definition) is 2. The molecule has 0 fully saturated rings. The quantitative estimate of drug-likeness (QED) is 0.778. The van der Waals surface area contributed by atoms with E-state index in [-0.39, 0.29) is 11.4 Å². The predicted molar refractivity (Wildman–Crippen MR) is 86.6 cm³/mol. The third kappa shape index (κ3) is 3.53. The Labute approximate surface area is 135 Å². The summed E-state index contributed by atoms with van der Waals surface area (Å²) in [5, 5.41) is 0.298. The zero-order valence-electron chi connectivity index (χ0n) is 10.5. The van der Waals surface area contributed by atoms with Crippen LogP contribution in [0.5, 0.6) is 0 Å². The first-order chi connectivity index (χ1) is 9.29. The Morgan fingerprint density at radius 2 is 2.10 bits per heavy atom. The maximum absolute atomic E-state index is 12.3. The van der Waals surface area contributed by atoms with E-state index in [2.05, 4.69) is 20.7 Å². The molecule has 0 spiro atoms. The molecule has 20 heavy (non-hydrogen) atoms. The van der Waals surface area contributed by atoms with Crippen LogP contribution < -0.4 is 10.5 Å². The molecule has 108 valence electrons. The summed E-state index contributed by atoms with van der Waals surface area (Å²) in [5.41, 5.74) is 6.60. The monoisotopic (exact) mass is 394 g/mol. The number of halogens is 2. The van der Waals surface area contributed by atoms with Gasteiger partial charge in [-0.1, -0.05) is 11.6 Å². The highest BCUT2D eigenvalue weighted by atomic mass is 79.9. The molecule has 0 aliphatic rings. The highest BCUT2D eigenvalue weighted by molar-refractivity contribution is 9.11. The van der Waals surface area contributed by atoms with Crippen molar-refractivity contribution in [2.24, 2.45) is 0 Å². The van der Waals surface area contributed by atoms with Crippen LogP contribution in [0.25, 0.3) is 0 Å². The van der Waals surface area contributed by atoms with Gasteiger partial charge in [-0.2, -0.15) is 0 Å². The summed E-state index contributed by atoms with van der Waals surface area (Å²) >= 11 is 10.7. The van der Waals surface area contributed by atoms with E-state index in [0.29, 0.717) is 16.3 Å². The number of rotatable bonds is 4. The second-order valence-corrected chi connectivity index (χ2v) is 8.87. The van der Waals surface area contributed by atoms with Gasteiger partial charge in [0.15, 0.2) is 0 Å². The molecule has 2 aromatic rings. The van der Waals surface area contributed by atoms with Crippen molar-refractivity contribution in [3.63, 3.8) is 0 Å². The van der Waals surface area contributed by atoms with Gasteiger partial charge in [-0.25, -0.2) is 13.1 Å². The first-order valence-corrected chi connectivity index (χ1v) is 9.06. The van der Waals surface area contributed by atoms with Gasteiger partial charge >= 0.3 is 0 Å². The molecule has 1 aromatic carbocycles. The van der Waals surface area contributed by atoms with E-state index in [1.165, 1.54) is 23.5 Å². The van der Waals surface area contributed by atoms with E-state index in [1.807, 2.05) is 12.1 Å². The van der Waals surface area contributed by atoms with Gasteiger partial charge in [0.2, 0.25) is 10.0 Å². The fourth-order valence-corrected chi connectivity index (χ4v) is 4.75. The van der Waals surface area contributed by atoms with Gasteiger partial charge < -0.3 is 5.73 Å². The Balaban J connectivity index is 2.27. The van der Waals surface area contributed by atoms with E-state index in [9.17, 15) is 8.42 Å². The molecule has 0 atom stereocenters. The summed E-state index contributed by atoms with van der Waals surface area (Å²) in [6.45, 7) is 1.88. The molecule has 1 aromatic heterocycles. The van der Waals surface area contributed by atoms with E-state index in [1.54, 1.807) is 6.92 Å². The Morgan fingerprint density at radius 3 is 2.70 bits per heavy atom. The second-order valence-electron chi connectivity index (χ2n) is 4.15. The molecule has 0 aliphatic heterocycles. The maximum atomic E-state index is 12.3. The topological polar surface area (TPSA) is 72.2 Å². The van der Waals surface area contributed by atoms with E-state index >= 15 is 0 Å². The molecule has 0 unspecified atom stereocenters. The Bertz CT molecular complexity index is 744. The maximum Gasteiger partial charge on any atom is 0.241 e. The zero-order valence-corrected chi connectivity index (χ0v) is 14.5. The van der Waals surface area contributed by atoms with Crippen LogP contribution in [0.15, 0.2) is 32.9 Å². The third-order valence-electron chi connectivity index (χ3n) is 2.72. The largest absolute Gasteiger partial charge is 0.398 e. The first-order valence-electron chi connectivity index (χ1n) is 5.59. The molecule has 2 rings (SSSR count). The van der Waals surface area contributed by atoms with Crippen molar-refractivity contribution in [3.05, 3.63) is 43.5 Å². The Kier molecular flexibility index (Phi) is 4.76. The van der Waals surface area contributed by atoms with Gasteiger partial charge in [-0.05, 0) is 52.7 Å². The SMILES string of the molecule is Cc1c(N)cc(Cl)cc1S(=O)(=O)NCc1ccc(Br)s1. The van der Waals surface area contributed by atoms with Crippen molar-refractivity contribution in [1.82, 2.24) is 4.72 Å². The van der Waals surface area contributed by atoms with Crippen LogP contribution in [0.2, 0.25) is 5.02 Å². The highest BCUT2D eigenvalue weighted by Gasteiger charge is 2.19. The fourth-order valence-electron chi connectivity index (χ4n) is 1.64. The van der Waals surface area contributed by atoms with Gasteiger partial charge in [0.25, 0.3) is 0 Å². The van der Waals surface area contributed by atoms with Crippen LogP contribution in [0.1, 0.15) is 10.4 Å². The van der Waals surface area contributed by atoms with Crippen LogP contribution in [-0.2, 0) is 16.6 Å². The average molecular weight is 396 g/mol. The number of thiophene rings is 1. The van der Waals surface area contributed by atoms with Crippen LogP contribution in [0.3, 0.4) is 0 Å². The molecule has 0 saturated carbocycles. The molecule has 8 heteroatoms. The van der Waals surface area contributed by atoms with Crippen LogP contribution in [0, 0.1) is 6.92 Å². The second kappa shape index (κ2) is 6.03. The van der Waals surface area contributed by atoms with Gasteiger partial charge in [0.05, 0.1) is 8.68 Å². The lowest BCUT2D eigenvalue weighted by Crippen LogP contribution is -2.24. The molecule has 0 amide bonds. The number of benzene rings is 1. The molecular formula is C12H12BrClN2O2S2. The van der Waals surface area contributed by atoms with Crippen molar-refractivity contribution >= 4 is 54.6 Å². The lowest BCUT2D eigenvalue weighted by molar-refractivity contribution is 0.581. The molecule has 0 aliphatic carbocycles. The number of sulfonamides is 1. The van der Waals surface area contributed by atoms with Crippen LogP contribution in [-0.4, -0.2) is 8.42 Å². The molecular weight excluding hydrogens is 384 g/mol. The average Bonchev–Trinajstić information content (AvgIpc) is 2.77. The van der Waals surface area contributed by atoms with E-state index < -0.39 is 10.0 Å². The normalized spacial score (nSPS) is 11.8. The van der Waals surface area contributed by atoms with E-state index in [0.717, 1.165) is 8.66 Å². The lowest BCUT2D eigenvalue weighted by atomic mass is 10.2. The number of nitrogen functional groups attached to an aromatic ring is 1. The smallest absolute Gasteiger partial charge is 0.241 e. The minimum atomic E-state index is -3.65. The minimum absolute atomic E-state index is 0.109. The van der Waals surface area contributed by atoms with Gasteiger partial charge in [-0.3, -0.25) is 0 Å². The van der Waals surface area contributed by atoms with Gasteiger partial charge in [-0.15, -0.1) is 11.3 Å². The van der Waals surface area contributed by atoms with Gasteiger partial charge in [0.1, 0.15) is 0 Å². The molecule has 4 nitrogen and oxygen atoms in total. The van der Waals surface area contributed by atoms with E-state index in [4.69, 9.17) is 17.3 Å². The highest BCUT2D eigenvalue weighted by Crippen LogP contribution is 2.27. The summed E-state index contributed by atoms with van der Waals surface area (Å²) in [7, 11) is -3.65. The Hall–Kier alpha value is -0.600. The summed E-state index contributed by atoms with van der Waals surface area (Å²) in [6.07, 6.45) is 0. The summed E-state index contributed by atoms with van der Waals surface area (Å²) < 4.78 is 28.1. The third-order valence-corrected chi connectivity index (χ3v) is 6.09. The van der Waals surface area contributed by atoms with Crippen molar-refractivity contribution in [2.45, 2.75) is 18.4 Å².